The van der Waals surface area contributed by atoms with Crippen molar-refractivity contribution in [1.82, 2.24) is 0 Å². The largest absolute Gasteiger partial charge is 0.326 e. The quantitative estimate of drug-likeness (QED) is 0.819. The number of anilines is 3. The number of nitrogens with zero attached hydrogens (tertiary/aromatic N) is 2. The Morgan fingerprint density at radius 1 is 1.03 bits per heavy atom. The highest BCUT2D eigenvalue weighted by Crippen LogP contribution is 2.31. The monoisotopic (exact) mass is 390 g/mol. The third-order valence-electron chi connectivity index (χ3n) is 5.00. The van der Waals surface area contributed by atoms with Crippen molar-refractivity contribution in [2.45, 2.75) is 32.6 Å². The van der Waals surface area contributed by atoms with Gasteiger partial charge in [-0.15, -0.1) is 0 Å². The highest BCUT2D eigenvalue weighted by Gasteiger charge is 2.30. The molecule has 2 N–H and O–H groups in total. The summed E-state index contributed by atoms with van der Waals surface area (Å²) in [4.78, 5) is 37.0. The van der Waals surface area contributed by atoms with E-state index in [4.69, 9.17) is 0 Å². The van der Waals surface area contributed by atoms with Gasteiger partial charge in [-0.1, -0.05) is 24.3 Å². The molecule has 0 saturated heterocycles. The molecule has 0 spiro atoms. The predicted octanol–water partition coefficient (Wildman–Crippen LogP) is 3.47. The summed E-state index contributed by atoms with van der Waals surface area (Å²) >= 11 is 0. The maximum atomic E-state index is 12.8. The Bertz CT molecular complexity index is 996. The Hall–Kier alpha value is -3.48. The lowest BCUT2D eigenvalue weighted by atomic mass is 10.1. The van der Waals surface area contributed by atoms with Crippen LogP contribution in [0.2, 0.25) is 0 Å². The average Bonchev–Trinajstić information content (AvgIpc) is 3.57. The Morgan fingerprint density at radius 2 is 1.79 bits per heavy atom. The molecule has 4 rings (SSSR count). The number of hydrogen-bond acceptors (Lipinski definition) is 4. The topological polar surface area (TPSA) is 90.9 Å². The maximum absolute atomic E-state index is 12.8. The van der Waals surface area contributed by atoms with Gasteiger partial charge in [0.25, 0.3) is 5.91 Å². The number of benzene rings is 2. The van der Waals surface area contributed by atoms with E-state index in [1.54, 1.807) is 18.2 Å². The summed E-state index contributed by atoms with van der Waals surface area (Å²) < 4.78 is 0. The first kappa shape index (κ1) is 18.9. The number of carbonyl (C=O) groups excluding carboxylic acids is 3. The lowest BCUT2D eigenvalue weighted by Crippen LogP contribution is -2.36. The fourth-order valence-corrected chi connectivity index (χ4v) is 3.11. The molecule has 7 heteroatoms. The molecule has 1 aliphatic carbocycles. The summed E-state index contributed by atoms with van der Waals surface area (Å²) in [5, 5.41) is 11.3. The molecular weight excluding hydrogens is 368 g/mol. The number of aryl methyl sites for hydroxylation is 1. The number of hydrazone groups is 1. The molecule has 3 amide bonds. The second-order valence-corrected chi connectivity index (χ2v) is 7.34. The van der Waals surface area contributed by atoms with E-state index in [-0.39, 0.29) is 36.5 Å². The van der Waals surface area contributed by atoms with Gasteiger partial charge in [0, 0.05) is 30.1 Å². The molecule has 0 bridgehead atoms. The van der Waals surface area contributed by atoms with Gasteiger partial charge in [-0.05, 0) is 49.6 Å². The van der Waals surface area contributed by atoms with E-state index in [1.165, 1.54) is 5.01 Å². The second kappa shape index (κ2) is 7.87. The van der Waals surface area contributed by atoms with Gasteiger partial charge in [-0.3, -0.25) is 14.4 Å². The van der Waals surface area contributed by atoms with Gasteiger partial charge < -0.3 is 10.6 Å². The maximum Gasteiger partial charge on any atom is 0.271 e. The minimum atomic E-state index is -0.354. The Labute approximate surface area is 168 Å². The van der Waals surface area contributed by atoms with Gasteiger partial charge in [0.1, 0.15) is 5.71 Å². The van der Waals surface area contributed by atoms with Crippen LogP contribution in [0.3, 0.4) is 0 Å². The molecule has 29 heavy (non-hydrogen) atoms. The molecule has 0 radical (unpaired) electrons. The molecule has 1 aliphatic heterocycles. The normalized spacial score (nSPS) is 16.2. The van der Waals surface area contributed by atoms with Gasteiger partial charge >= 0.3 is 0 Å². The third-order valence-corrected chi connectivity index (χ3v) is 5.00. The second-order valence-electron chi connectivity index (χ2n) is 7.34. The summed E-state index contributed by atoms with van der Waals surface area (Å²) in [7, 11) is 0. The number of nitrogens with one attached hydrogen (secondary N) is 2. The van der Waals surface area contributed by atoms with E-state index in [0.29, 0.717) is 22.8 Å². The molecule has 1 fully saturated rings. The molecule has 0 unspecified atom stereocenters. The van der Waals surface area contributed by atoms with Crippen LogP contribution in [-0.2, 0) is 14.4 Å². The molecule has 2 aromatic carbocycles. The number of hydrogen-bond donors (Lipinski definition) is 2. The van der Waals surface area contributed by atoms with E-state index >= 15 is 0 Å². The van der Waals surface area contributed by atoms with E-state index in [1.807, 2.05) is 37.3 Å². The van der Waals surface area contributed by atoms with E-state index in [2.05, 4.69) is 15.7 Å². The van der Waals surface area contributed by atoms with E-state index in [0.717, 1.165) is 18.4 Å². The standard InChI is InChI=1S/C22H22N4O3/c1-14-7-10-16(23-21(28)15-8-9-15)13-19(14)24-22(29)18-11-12-20(27)26(25-18)17-5-3-2-4-6-17/h2-7,10,13,15H,8-9,11-12H2,1H3,(H,23,28)(H,24,29). The lowest BCUT2D eigenvalue weighted by molar-refractivity contribution is -0.119. The summed E-state index contributed by atoms with van der Waals surface area (Å²) in [6, 6.07) is 14.5. The van der Waals surface area contributed by atoms with Gasteiger partial charge in [-0.2, -0.15) is 5.10 Å². The molecule has 0 atom stereocenters. The Kier molecular flexibility index (Phi) is 5.12. The number of rotatable bonds is 5. The van der Waals surface area contributed by atoms with Gasteiger partial charge in [0.15, 0.2) is 0 Å². The van der Waals surface area contributed by atoms with Crippen LogP contribution in [0.15, 0.2) is 53.6 Å². The summed E-state index contributed by atoms with van der Waals surface area (Å²) in [6.07, 6.45) is 2.36. The average molecular weight is 390 g/mol. The van der Waals surface area contributed by atoms with Crippen LogP contribution >= 0.6 is 0 Å². The predicted molar refractivity (Wildman–Crippen MR) is 112 cm³/mol. The van der Waals surface area contributed by atoms with E-state index in [9.17, 15) is 14.4 Å². The zero-order valence-electron chi connectivity index (χ0n) is 16.1. The van der Waals surface area contributed by atoms with Crippen LogP contribution in [0, 0.1) is 12.8 Å². The highest BCUT2D eigenvalue weighted by molar-refractivity contribution is 6.44. The van der Waals surface area contributed by atoms with E-state index < -0.39 is 0 Å². The number of para-hydroxylation sites is 1. The molecule has 148 valence electrons. The minimum Gasteiger partial charge on any atom is -0.326 e. The lowest BCUT2D eigenvalue weighted by Gasteiger charge is -2.23. The summed E-state index contributed by atoms with van der Waals surface area (Å²) in [5.74, 6) is -0.381. The highest BCUT2D eigenvalue weighted by atomic mass is 16.2. The van der Waals surface area contributed by atoms with Crippen LogP contribution in [0.1, 0.15) is 31.2 Å². The van der Waals surface area contributed by atoms with Crippen LogP contribution in [0.4, 0.5) is 17.1 Å². The SMILES string of the molecule is Cc1ccc(NC(=O)C2CC2)cc1NC(=O)C1=NN(c2ccccc2)C(=O)CC1. The zero-order chi connectivity index (χ0) is 20.4. The molecule has 0 aromatic heterocycles. The smallest absolute Gasteiger partial charge is 0.271 e. The first-order chi connectivity index (χ1) is 14.0. The van der Waals surface area contributed by atoms with Crippen molar-refractivity contribution in [3.8, 4) is 0 Å². The molecular formula is C22H22N4O3. The Balaban J connectivity index is 1.51. The summed E-state index contributed by atoms with van der Waals surface area (Å²) in [6.45, 7) is 1.88. The number of carbonyl (C=O) groups is 3. The fourth-order valence-electron chi connectivity index (χ4n) is 3.11. The van der Waals surface area contributed by atoms with Gasteiger partial charge in [0.05, 0.1) is 5.69 Å². The van der Waals surface area contributed by atoms with Gasteiger partial charge in [-0.25, -0.2) is 5.01 Å². The molecule has 1 saturated carbocycles. The van der Waals surface area contributed by atoms with Crippen molar-refractivity contribution in [1.29, 1.82) is 0 Å². The third kappa shape index (κ3) is 4.34. The minimum absolute atomic E-state index is 0.0137. The van der Waals surface area contributed by atoms with Crippen molar-refractivity contribution >= 4 is 40.5 Å². The van der Waals surface area contributed by atoms with Crippen LogP contribution in [0.5, 0.6) is 0 Å². The van der Waals surface area contributed by atoms with Crippen molar-refractivity contribution in [3.05, 3.63) is 54.1 Å². The molecule has 2 aromatic rings. The van der Waals surface area contributed by atoms with Crippen LogP contribution in [0.25, 0.3) is 0 Å². The van der Waals surface area contributed by atoms with Crippen LogP contribution < -0.4 is 15.6 Å². The fraction of sp³-hybridized carbons (Fsp3) is 0.273. The van der Waals surface area contributed by atoms with Gasteiger partial charge in [0.2, 0.25) is 11.8 Å². The van der Waals surface area contributed by atoms with Crippen molar-refractivity contribution in [2.75, 3.05) is 15.6 Å². The molecule has 1 heterocycles. The first-order valence-corrected chi connectivity index (χ1v) is 9.69. The molecule has 2 aliphatic rings. The van der Waals surface area contributed by atoms with Crippen LogP contribution in [-0.4, -0.2) is 23.4 Å². The Morgan fingerprint density at radius 3 is 2.52 bits per heavy atom. The summed E-state index contributed by atoms with van der Waals surface area (Å²) in [5.41, 5.74) is 3.04. The number of amides is 3. The van der Waals surface area contributed by atoms with Crippen molar-refractivity contribution < 1.29 is 14.4 Å². The molecule has 7 nitrogen and oxygen atoms in total. The first-order valence-electron chi connectivity index (χ1n) is 9.69. The van der Waals surface area contributed by atoms with Crippen molar-refractivity contribution in [3.63, 3.8) is 0 Å². The van der Waals surface area contributed by atoms with Crippen molar-refractivity contribution in [2.24, 2.45) is 11.0 Å². The zero-order valence-corrected chi connectivity index (χ0v) is 16.1.